The number of anilines is 2. The number of halogens is 1. The molecule has 0 amide bonds. The lowest BCUT2D eigenvalue weighted by molar-refractivity contribution is 0.101. The predicted molar refractivity (Wildman–Crippen MR) is 66.1 cm³/mol. The summed E-state index contributed by atoms with van der Waals surface area (Å²) in [6, 6.07) is 13.6. The highest BCUT2D eigenvalue weighted by molar-refractivity contribution is 5.95. The van der Waals surface area contributed by atoms with Crippen molar-refractivity contribution in [3.05, 3.63) is 59.9 Å². The molecule has 0 heterocycles. The van der Waals surface area contributed by atoms with Gasteiger partial charge in [-0.15, -0.1) is 0 Å². The predicted octanol–water partition coefficient (Wildman–Crippen LogP) is 3.77. The quantitative estimate of drug-likeness (QED) is 0.811. The molecule has 0 unspecified atom stereocenters. The molecule has 0 fully saturated rings. The van der Waals surface area contributed by atoms with Gasteiger partial charge in [-0.2, -0.15) is 0 Å². The smallest absolute Gasteiger partial charge is 0.159 e. The van der Waals surface area contributed by atoms with Crippen molar-refractivity contribution in [3.63, 3.8) is 0 Å². The van der Waals surface area contributed by atoms with Crippen LogP contribution in [0.1, 0.15) is 17.3 Å². The van der Waals surface area contributed by atoms with E-state index in [1.807, 2.05) is 30.3 Å². The molecule has 0 aliphatic heterocycles. The van der Waals surface area contributed by atoms with E-state index < -0.39 is 5.82 Å². The van der Waals surface area contributed by atoms with Gasteiger partial charge >= 0.3 is 0 Å². The summed E-state index contributed by atoms with van der Waals surface area (Å²) in [4.78, 5) is 11.2. The van der Waals surface area contributed by atoms with E-state index in [9.17, 15) is 9.18 Å². The maximum Gasteiger partial charge on any atom is 0.159 e. The van der Waals surface area contributed by atoms with Crippen LogP contribution in [-0.2, 0) is 0 Å². The zero-order valence-electron chi connectivity index (χ0n) is 9.41. The van der Waals surface area contributed by atoms with Crippen LogP contribution in [0.15, 0.2) is 48.5 Å². The second-order valence-corrected chi connectivity index (χ2v) is 3.78. The molecule has 86 valence electrons. The van der Waals surface area contributed by atoms with Crippen LogP contribution in [0.5, 0.6) is 0 Å². The van der Waals surface area contributed by atoms with Crippen LogP contribution in [0.4, 0.5) is 15.8 Å². The Hall–Kier alpha value is -2.16. The zero-order chi connectivity index (χ0) is 12.3. The van der Waals surface area contributed by atoms with Crippen LogP contribution >= 0.6 is 0 Å². The van der Waals surface area contributed by atoms with Crippen molar-refractivity contribution in [2.45, 2.75) is 6.92 Å². The highest BCUT2D eigenvalue weighted by Crippen LogP contribution is 2.19. The van der Waals surface area contributed by atoms with E-state index >= 15 is 0 Å². The van der Waals surface area contributed by atoms with Crippen LogP contribution in [0.3, 0.4) is 0 Å². The number of ketones is 1. The van der Waals surface area contributed by atoms with Crippen LogP contribution in [-0.4, -0.2) is 5.78 Å². The van der Waals surface area contributed by atoms with Gasteiger partial charge in [-0.05, 0) is 37.3 Å². The average Bonchev–Trinajstić information content (AvgIpc) is 2.29. The molecule has 0 bridgehead atoms. The summed E-state index contributed by atoms with van der Waals surface area (Å²) in [6.07, 6.45) is 0. The lowest BCUT2D eigenvalue weighted by Gasteiger charge is -2.07. The Balaban J connectivity index is 2.30. The third-order valence-corrected chi connectivity index (χ3v) is 2.37. The number of hydrogen-bond acceptors (Lipinski definition) is 2. The van der Waals surface area contributed by atoms with Crippen molar-refractivity contribution in [1.29, 1.82) is 0 Å². The molecule has 1 N–H and O–H groups in total. The molecule has 0 saturated carbocycles. The second-order valence-electron chi connectivity index (χ2n) is 3.78. The molecule has 0 atom stereocenters. The van der Waals surface area contributed by atoms with Crippen LogP contribution in [0.2, 0.25) is 0 Å². The van der Waals surface area contributed by atoms with Gasteiger partial charge in [0, 0.05) is 16.9 Å². The first-order valence-electron chi connectivity index (χ1n) is 5.29. The van der Waals surface area contributed by atoms with Crippen molar-refractivity contribution in [1.82, 2.24) is 0 Å². The summed E-state index contributed by atoms with van der Waals surface area (Å²) >= 11 is 0. The van der Waals surface area contributed by atoms with E-state index in [-0.39, 0.29) is 5.78 Å². The minimum absolute atomic E-state index is 0.152. The van der Waals surface area contributed by atoms with Gasteiger partial charge in [0.05, 0.1) is 0 Å². The first-order valence-corrected chi connectivity index (χ1v) is 5.29. The lowest BCUT2D eigenvalue weighted by Crippen LogP contribution is -1.97. The monoisotopic (exact) mass is 229 g/mol. The van der Waals surface area contributed by atoms with Gasteiger partial charge in [0.2, 0.25) is 0 Å². The Morgan fingerprint density at radius 3 is 2.41 bits per heavy atom. The standard InChI is InChI=1S/C14H12FNO/c1-10(17)11-7-12(15)9-14(8-11)16-13-5-3-2-4-6-13/h2-9,16H,1H3. The number of para-hydroxylation sites is 1. The first kappa shape index (κ1) is 11.3. The summed E-state index contributed by atoms with van der Waals surface area (Å²) in [5.74, 6) is -0.572. The summed E-state index contributed by atoms with van der Waals surface area (Å²) in [5.41, 5.74) is 1.79. The number of hydrogen-bond donors (Lipinski definition) is 1. The fourth-order valence-corrected chi connectivity index (χ4v) is 1.55. The molecule has 2 rings (SSSR count). The number of Topliss-reactive ketones (excluding diaryl/α,β-unsaturated/α-hetero) is 1. The molecule has 0 radical (unpaired) electrons. The normalized spacial score (nSPS) is 10.0. The third-order valence-electron chi connectivity index (χ3n) is 2.37. The molecule has 2 aromatic carbocycles. The van der Waals surface area contributed by atoms with E-state index in [0.29, 0.717) is 11.3 Å². The molecule has 2 nitrogen and oxygen atoms in total. The molecule has 0 aromatic heterocycles. The number of nitrogens with one attached hydrogen (secondary N) is 1. The van der Waals surface area contributed by atoms with Crippen molar-refractivity contribution >= 4 is 17.2 Å². The first-order chi connectivity index (χ1) is 8.15. The topological polar surface area (TPSA) is 29.1 Å². The number of rotatable bonds is 3. The van der Waals surface area contributed by atoms with Crippen LogP contribution in [0, 0.1) is 5.82 Å². The maximum atomic E-state index is 13.3. The molecule has 0 saturated heterocycles. The van der Waals surface area contributed by atoms with Gasteiger partial charge in [0.1, 0.15) is 5.82 Å². The Kier molecular flexibility index (Phi) is 3.19. The molecular weight excluding hydrogens is 217 g/mol. The minimum Gasteiger partial charge on any atom is -0.355 e. The van der Waals surface area contributed by atoms with Gasteiger partial charge in [0.15, 0.2) is 5.78 Å². The lowest BCUT2D eigenvalue weighted by atomic mass is 10.1. The maximum absolute atomic E-state index is 13.3. The SMILES string of the molecule is CC(=O)c1cc(F)cc(Nc2ccccc2)c1. The van der Waals surface area contributed by atoms with E-state index in [1.165, 1.54) is 19.1 Å². The van der Waals surface area contributed by atoms with Crippen LogP contribution < -0.4 is 5.32 Å². The Morgan fingerprint density at radius 1 is 1.06 bits per heavy atom. The molecule has 17 heavy (non-hydrogen) atoms. The summed E-state index contributed by atoms with van der Waals surface area (Å²) < 4.78 is 13.3. The van der Waals surface area contributed by atoms with Gasteiger partial charge in [-0.3, -0.25) is 4.79 Å². The zero-order valence-corrected chi connectivity index (χ0v) is 9.41. The molecule has 0 aliphatic rings. The fraction of sp³-hybridized carbons (Fsp3) is 0.0714. The number of carbonyl (C=O) groups excluding carboxylic acids is 1. The van der Waals surface area contributed by atoms with Crippen molar-refractivity contribution in [2.24, 2.45) is 0 Å². The molecular formula is C14H12FNO. The highest BCUT2D eigenvalue weighted by atomic mass is 19.1. The Morgan fingerprint density at radius 2 is 1.76 bits per heavy atom. The van der Waals surface area contributed by atoms with E-state index in [4.69, 9.17) is 0 Å². The van der Waals surface area contributed by atoms with Gasteiger partial charge < -0.3 is 5.32 Å². The summed E-state index contributed by atoms with van der Waals surface area (Å²) in [6.45, 7) is 1.42. The molecule has 3 heteroatoms. The van der Waals surface area contributed by atoms with E-state index in [0.717, 1.165) is 5.69 Å². The van der Waals surface area contributed by atoms with Crippen molar-refractivity contribution < 1.29 is 9.18 Å². The summed E-state index contributed by atoms with van der Waals surface area (Å²) in [5, 5.41) is 3.05. The number of benzene rings is 2. The third kappa shape index (κ3) is 2.91. The Labute approximate surface area is 99.1 Å². The van der Waals surface area contributed by atoms with Gasteiger partial charge in [-0.25, -0.2) is 4.39 Å². The van der Waals surface area contributed by atoms with Gasteiger partial charge in [0.25, 0.3) is 0 Å². The second kappa shape index (κ2) is 4.78. The van der Waals surface area contributed by atoms with Crippen LogP contribution in [0.25, 0.3) is 0 Å². The highest BCUT2D eigenvalue weighted by Gasteiger charge is 2.04. The minimum atomic E-state index is -0.420. The van der Waals surface area contributed by atoms with Crippen molar-refractivity contribution in [3.8, 4) is 0 Å². The van der Waals surface area contributed by atoms with E-state index in [2.05, 4.69) is 5.32 Å². The van der Waals surface area contributed by atoms with Crippen molar-refractivity contribution in [2.75, 3.05) is 5.32 Å². The molecule has 0 aliphatic carbocycles. The molecule has 0 spiro atoms. The Bertz CT molecular complexity index is 537. The average molecular weight is 229 g/mol. The summed E-state index contributed by atoms with van der Waals surface area (Å²) in [7, 11) is 0. The fourth-order valence-electron chi connectivity index (χ4n) is 1.55. The number of carbonyl (C=O) groups is 1. The molecule has 2 aromatic rings. The largest absolute Gasteiger partial charge is 0.355 e. The van der Waals surface area contributed by atoms with Gasteiger partial charge in [-0.1, -0.05) is 18.2 Å². The van der Waals surface area contributed by atoms with E-state index in [1.54, 1.807) is 6.07 Å².